The van der Waals surface area contributed by atoms with E-state index in [9.17, 15) is 9.90 Å². The molecule has 2 unspecified atom stereocenters. The minimum Gasteiger partial charge on any atom is -0.445 e. The fourth-order valence-electron chi connectivity index (χ4n) is 4.79. The van der Waals surface area contributed by atoms with Gasteiger partial charge in [-0.15, -0.1) is 0 Å². The van der Waals surface area contributed by atoms with E-state index in [0.717, 1.165) is 29.7 Å². The van der Waals surface area contributed by atoms with Crippen molar-refractivity contribution in [3.63, 3.8) is 0 Å². The maximum absolute atomic E-state index is 12.8. The van der Waals surface area contributed by atoms with Crippen molar-refractivity contribution in [2.75, 3.05) is 19.0 Å². The number of benzene rings is 2. The minimum atomic E-state index is -0.914. The lowest BCUT2D eigenvalue weighted by molar-refractivity contribution is -0.0533. The Hall–Kier alpha value is -2.53. The number of anilines is 1. The molecule has 0 aliphatic carbocycles. The van der Waals surface area contributed by atoms with E-state index in [-0.39, 0.29) is 24.8 Å². The van der Waals surface area contributed by atoms with Gasteiger partial charge in [0.2, 0.25) is 0 Å². The molecule has 2 bridgehead atoms. The van der Waals surface area contributed by atoms with Crippen LogP contribution in [0.15, 0.2) is 54.6 Å². The number of fused-ring (bicyclic) bond motifs is 2. The summed E-state index contributed by atoms with van der Waals surface area (Å²) < 4.78 is 5.58. The van der Waals surface area contributed by atoms with Gasteiger partial charge in [0.1, 0.15) is 6.61 Å². The first kappa shape index (κ1) is 18.8. The predicted octanol–water partition coefficient (Wildman–Crippen LogP) is 3.90. The van der Waals surface area contributed by atoms with Crippen LogP contribution in [0.4, 0.5) is 10.5 Å². The van der Waals surface area contributed by atoms with Crippen LogP contribution in [0.1, 0.15) is 36.8 Å². The van der Waals surface area contributed by atoms with Gasteiger partial charge in [-0.25, -0.2) is 4.79 Å². The van der Waals surface area contributed by atoms with Crippen LogP contribution in [0, 0.1) is 0 Å². The molecule has 0 saturated carbocycles. The van der Waals surface area contributed by atoms with E-state index in [2.05, 4.69) is 0 Å². The van der Waals surface area contributed by atoms with Gasteiger partial charge in [0.15, 0.2) is 0 Å². The molecule has 1 amide bonds. The van der Waals surface area contributed by atoms with Crippen LogP contribution in [-0.2, 0) is 16.9 Å². The molecule has 4 rings (SSSR count). The van der Waals surface area contributed by atoms with Gasteiger partial charge in [-0.3, -0.25) is 0 Å². The average molecular weight is 380 g/mol. The number of aliphatic hydroxyl groups is 1. The van der Waals surface area contributed by atoms with Gasteiger partial charge in [-0.1, -0.05) is 48.5 Å². The average Bonchev–Trinajstić information content (AvgIpc) is 2.99. The summed E-state index contributed by atoms with van der Waals surface area (Å²) in [6.45, 7) is 0.281. The summed E-state index contributed by atoms with van der Waals surface area (Å²) >= 11 is 0. The highest BCUT2D eigenvalue weighted by Gasteiger charge is 2.51. The van der Waals surface area contributed by atoms with Gasteiger partial charge in [0.25, 0.3) is 0 Å². The number of carbonyl (C=O) groups is 1. The standard InChI is InChI=1S/C23H28N2O3/c1-24(2)21-11-7-6-10-20(21)23(27)14-18-12-13-19(15-23)25(18)22(26)28-16-17-8-4-3-5-9-17/h3-11,18-19,27H,12-16H2,1-2H3. The number of carbonyl (C=O) groups excluding carboxylic acids is 1. The molecule has 0 aromatic heterocycles. The molecule has 2 heterocycles. The molecule has 0 spiro atoms. The van der Waals surface area contributed by atoms with Crippen molar-refractivity contribution in [1.82, 2.24) is 4.90 Å². The van der Waals surface area contributed by atoms with Crippen LogP contribution in [0.25, 0.3) is 0 Å². The van der Waals surface area contributed by atoms with Crippen LogP contribution in [-0.4, -0.2) is 42.3 Å². The molecule has 148 valence electrons. The summed E-state index contributed by atoms with van der Waals surface area (Å²) in [6.07, 6.45) is 2.66. The van der Waals surface area contributed by atoms with Gasteiger partial charge in [-0.2, -0.15) is 0 Å². The summed E-state index contributed by atoms with van der Waals surface area (Å²) in [4.78, 5) is 16.7. The van der Waals surface area contributed by atoms with Gasteiger partial charge < -0.3 is 19.6 Å². The van der Waals surface area contributed by atoms with E-state index in [0.29, 0.717) is 12.8 Å². The molecule has 5 nitrogen and oxygen atoms in total. The van der Waals surface area contributed by atoms with Crippen molar-refractivity contribution >= 4 is 11.8 Å². The van der Waals surface area contributed by atoms with Crippen LogP contribution in [0.5, 0.6) is 0 Å². The summed E-state index contributed by atoms with van der Waals surface area (Å²) in [6, 6.07) is 17.8. The van der Waals surface area contributed by atoms with E-state index in [1.165, 1.54) is 0 Å². The number of hydrogen-bond acceptors (Lipinski definition) is 4. The number of para-hydroxylation sites is 1. The Kier molecular flexibility index (Phi) is 5.02. The molecule has 0 radical (unpaired) electrons. The van der Waals surface area contributed by atoms with Gasteiger partial charge in [0.05, 0.1) is 5.60 Å². The monoisotopic (exact) mass is 380 g/mol. The number of amides is 1. The summed E-state index contributed by atoms with van der Waals surface area (Å²) in [5, 5.41) is 11.6. The van der Waals surface area contributed by atoms with Gasteiger partial charge in [0, 0.05) is 50.3 Å². The van der Waals surface area contributed by atoms with Gasteiger partial charge in [-0.05, 0) is 24.5 Å². The SMILES string of the molecule is CN(C)c1ccccc1C1(O)CC2CCC(C1)N2C(=O)OCc1ccccc1. The van der Waals surface area contributed by atoms with Crippen molar-refractivity contribution < 1.29 is 14.6 Å². The number of rotatable bonds is 4. The van der Waals surface area contributed by atoms with E-state index in [4.69, 9.17) is 4.74 Å². The first-order chi connectivity index (χ1) is 13.5. The predicted molar refractivity (Wildman–Crippen MR) is 109 cm³/mol. The molecule has 1 N–H and O–H groups in total. The second kappa shape index (κ2) is 7.47. The lowest BCUT2D eigenvalue weighted by Crippen LogP contribution is -2.52. The Bertz CT molecular complexity index is 823. The highest BCUT2D eigenvalue weighted by atomic mass is 16.6. The van der Waals surface area contributed by atoms with Crippen molar-refractivity contribution in [2.45, 2.75) is 50.0 Å². The highest BCUT2D eigenvalue weighted by molar-refractivity contribution is 5.69. The zero-order valence-corrected chi connectivity index (χ0v) is 16.5. The minimum absolute atomic E-state index is 0.0160. The summed E-state index contributed by atoms with van der Waals surface area (Å²) in [5.41, 5.74) is 2.05. The molecular formula is C23H28N2O3. The second-order valence-electron chi connectivity index (χ2n) is 8.18. The van der Waals surface area contributed by atoms with Crippen molar-refractivity contribution in [3.8, 4) is 0 Å². The molecule has 28 heavy (non-hydrogen) atoms. The van der Waals surface area contributed by atoms with Crippen molar-refractivity contribution in [2.24, 2.45) is 0 Å². The van der Waals surface area contributed by atoms with E-state index in [1.54, 1.807) is 0 Å². The Labute approximate surface area is 166 Å². The molecule has 5 heteroatoms. The normalized spacial score (nSPS) is 26.2. The molecule has 2 aliphatic heterocycles. The number of piperidine rings is 1. The van der Waals surface area contributed by atoms with Crippen molar-refractivity contribution in [1.29, 1.82) is 0 Å². The van der Waals surface area contributed by atoms with Crippen LogP contribution < -0.4 is 4.90 Å². The van der Waals surface area contributed by atoms with E-state index < -0.39 is 5.60 Å². The van der Waals surface area contributed by atoms with Crippen LogP contribution in [0.2, 0.25) is 0 Å². The fourth-order valence-corrected chi connectivity index (χ4v) is 4.79. The van der Waals surface area contributed by atoms with E-state index >= 15 is 0 Å². The maximum atomic E-state index is 12.8. The third-order valence-electron chi connectivity index (χ3n) is 6.07. The molecular weight excluding hydrogens is 352 g/mol. The molecule has 2 fully saturated rings. The summed E-state index contributed by atoms with van der Waals surface area (Å²) in [5.74, 6) is 0. The number of hydrogen-bond donors (Lipinski definition) is 1. The smallest absolute Gasteiger partial charge is 0.410 e. The van der Waals surface area contributed by atoms with Crippen molar-refractivity contribution in [3.05, 3.63) is 65.7 Å². The molecule has 2 aromatic rings. The first-order valence-electron chi connectivity index (χ1n) is 9.96. The first-order valence-corrected chi connectivity index (χ1v) is 9.96. The maximum Gasteiger partial charge on any atom is 0.410 e. The Balaban J connectivity index is 1.49. The number of ether oxygens (including phenoxy) is 1. The summed E-state index contributed by atoms with van der Waals surface area (Å²) in [7, 11) is 3.99. The topological polar surface area (TPSA) is 53.0 Å². The number of nitrogens with zero attached hydrogens (tertiary/aromatic N) is 2. The van der Waals surface area contributed by atoms with Crippen LogP contribution in [0.3, 0.4) is 0 Å². The lowest BCUT2D eigenvalue weighted by Gasteiger charge is -2.44. The third kappa shape index (κ3) is 3.47. The largest absolute Gasteiger partial charge is 0.445 e. The molecule has 2 saturated heterocycles. The fraction of sp³-hybridized carbons (Fsp3) is 0.435. The highest BCUT2D eigenvalue weighted by Crippen LogP contribution is 2.47. The zero-order valence-electron chi connectivity index (χ0n) is 16.5. The quantitative estimate of drug-likeness (QED) is 0.874. The zero-order chi connectivity index (χ0) is 19.7. The second-order valence-corrected chi connectivity index (χ2v) is 8.18. The molecule has 2 aliphatic rings. The third-order valence-corrected chi connectivity index (χ3v) is 6.07. The Morgan fingerprint density at radius 1 is 1.07 bits per heavy atom. The Morgan fingerprint density at radius 2 is 1.68 bits per heavy atom. The molecule has 2 atom stereocenters. The van der Waals surface area contributed by atoms with Gasteiger partial charge >= 0.3 is 6.09 Å². The van der Waals surface area contributed by atoms with Crippen LogP contribution >= 0.6 is 0 Å². The molecule has 2 aromatic carbocycles. The van der Waals surface area contributed by atoms with E-state index in [1.807, 2.05) is 78.5 Å². The lowest BCUT2D eigenvalue weighted by atomic mass is 9.79. The Morgan fingerprint density at radius 3 is 2.32 bits per heavy atom.